The number of likely N-dealkylation sites (tertiary alicyclic amines) is 1. The summed E-state index contributed by atoms with van der Waals surface area (Å²) in [6, 6.07) is 6.62. The molecule has 4 rings (SSSR count). The van der Waals surface area contributed by atoms with E-state index in [0.29, 0.717) is 12.5 Å². The van der Waals surface area contributed by atoms with Gasteiger partial charge in [-0.05, 0) is 30.0 Å². The Morgan fingerprint density at radius 2 is 2.35 bits per heavy atom. The molecule has 1 aliphatic heterocycles. The molecular formula is C16H17N3O. The van der Waals surface area contributed by atoms with Gasteiger partial charge >= 0.3 is 0 Å². The van der Waals surface area contributed by atoms with Gasteiger partial charge in [0.1, 0.15) is 0 Å². The summed E-state index contributed by atoms with van der Waals surface area (Å²) < 4.78 is 0. The Morgan fingerprint density at radius 1 is 1.45 bits per heavy atom. The number of fused-ring (bicyclic) bond motifs is 2. The largest absolute Gasteiger partial charge is 0.396 e. The van der Waals surface area contributed by atoms with Crippen molar-refractivity contribution in [2.24, 2.45) is 5.92 Å². The van der Waals surface area contributed by atoms with E-state index in [9.17, 15) is 10.4 Å². The number of aliphatic hydroxyl groups is 1. The molecule has 0 radical (unpaired) electrons. The van der Waals surface area contributed by atoms with Gasteiger partial charge in [-0.3, -0.25) is 0 Å². The molecule has 1 fully saturated rings. The van der Waals surface area contributed by atoms with Crippen molar-refractivity contribution in [3.63, 3.8) is 0 Å². The first-order valence-corrected chi connectivity index (χ1v) is 7.18. The summed E-state index contributed by atoms with van der Waals surface area (Å²) in [5.74, 6) is 0.555. The molecule has 0 spiro atoms. The van der Waals surface area contributed by atoms with Crippen LogP contribution < -0.4 is 0 Å². The van der Waals surface area contributed by atoms with Crippen molar-refractivity contribution in [3.8, 4) is 6.19 Å². The van der Waals surface area contributed by atoms with Crippen molar-refractivity contribution in [1.29, 1.82) is 5.26 Å². The van der Waals surface area contributed by atoms with Gasteiger partial charge in [-0.15, -0.1) is 0 Å². The van der Waals surface area contributed by atoms with Crippen LogP contribution in [0.3, 0.4) is 0 Å². The summed E-state index contributed by atoms with van der Waals surface area (Å²) in [5.41, 5.74) is 3.85. The summed E-state index contributed by atoms with van der Waals surface area (Å²) in [6.07, 6.45) is 6.32. The Hall–Kier alpha value is -1.99. The van der Waals surface area contributed by atoms with Gasteiger partial charge in [0.25, 0.3) is 0 Å². The van der Waals surface area contributed by atoms with Gasteiger partial charge in [-0.25, -0.2) is 0 Å². The third kappa shape index (κ3) is 1.50. The van der Waals surface area contributed by atoms with E-state index in [1.807, 2.05) is 4.90 Å². The van der Waals surface area contributed by atoms with Crippen molar-refractivity contribution < 1.29 is 5.11 Å². The summed E-state index contributed by atoms with van der Waals surface area (Å²) in [7, 11) is 0. The molecule has 2 aromatic rings. The Morgan fingerprint density at radius 3 is 3.15 bits per heavy atom. The molecule has 0 amide bonds. The number of rotatable bonds is 1. The zero-order valence-corrected chi connectivity index (χ0v) is 11.2. The van der Waals surface area contributed by atoms with Crippen molar-refractivity contribution in [3.05, 3.63) is 35.5 Å². The van der Waals surface area contributed by atoms with Crippen LogP contribution in [0.5, 0.6) is 0 Å². The predicted octanol–water partition coefficient (Wildman–Crippen LogP) is 1.97. The number of aliphatic hydroxyl groups excluding tert-OH is 1. The van der Waals surface area contributed by atoms with Crippen LogP contribution in [0.2, 0.25) is 0 Å². The van der Waals surface area contributed by atoms with Crippen LogP contribution in [-0.2, 0) is 6.42 Å². The number of aromatic amines is 1. The third-order valence-electron chi connectivity index (χ3n) is 4.94. The molecule has 102 valence electrons. The van der Waals surface area contributed by atoms with E-state index < -0.39 is 0 Å². The summed E-state index contributed by atoms with van der Waals surface area (Å²) >= 11 is 0. The van der Waals surface area contributed by atoms with E-state index in [1.54, 1.807) is 0 Å². The fourth-order valence-corrected chi connectivity index (χ4v) is 4.04. The van der Waals surface area contributed by atoms with Crippen molar-refractivity contribution in [1.82, 2.24) is 9.88 Å². The van der Waals surface area contributed by atoms with E-state index >= 15 is 0 Å². The number of piperidine rings is 1. The van der Waals surface area contributed by atoms with Crippen LogP contribution in [0.1, 0.15) is 23.5 Å². The zero-order chi connectivity index (χ0) is 13.7. The lowest BCUT2D eigenvalue weighted by Crippen LogP contribution is -2.48. The molecular weight excluding hydrogens is 250 g/mol. The first kappa shape index (κ1) is 11.8. The molecule has 4 heteroatoms. The zero-order valence-electron chi connectivity index (χ0n) is 11.2. The van der Waals surface area contributed by atoms with Crippen LogP contribution in [0.15, 0.2) is 24.4 Å². The van der Waals surface area contributed by atoms with Crippen molar-refractivity contribution in [2.75, 3.05) is 13.2 Å². The predicted molar refractivity (Wildman–Crippen MR) is 76.0 cm³/mol. The lowest BCUT2D eigenvalue weighted by Gasteiger charge is -2.44. The second kappa shape index (κ2) is 4.26. The molecule has 1 aromatic heterocycles. The third-order valence-corrected chi connectivity index (χ3v) is 4.94. The lowest BCUT2D eigenvalue weighted by molar-refractivity contribution is 0.0976. The molecule has 0 saturated carbocycles. The summed E-state index contributed by atoms with van der Waals surface area (Å²) in [4.78, 5) is 5.22. The average molecular weight is 267 g/mol. The normalized spacial score (nSPS) is 28.2. The molecule has 1 aromatic carbocycles. The maximum atomic E-state index is 9.50. The minimum atomic E-state index is 0.164. The van der Waals surface area contributed by atoms with Gasteiger partial charge in [0, 0.05) is 42.1 Å². The molecule has 3 atom stereocenters. The maximum absolute atomic E-state index is 9.50. The van der Waals surface area contributed by atoms with Crippen LogP contribution in [0.25, 0.3) is 10.9 Å². The first-order chi connectivity index (χ1) is 9.81. The monoisotopic (exact) mass is 267 g/mol. The van der Waals surface area contributed by atoms with Gasteiger partial charge in [0.15, 0.2) is 6.19 Å². The number of benzene rings is 1. The van der Waals surface area contributed by atoms with Crippen LogP contribution >= 0.6 is 0 Å². The van der Waals surface area contributed by atoms with Crippen LogP contribution in [-0.4, -0.2) is 34.2 Å². The van der Waals surface area contributed by atoms with Crippen molar-refractivity contribution >= 4 is 10.9 Å². The Kier molecular flexibility index (Phi) is 2.51. The van der Waals surface area contributed by atoms with E-state index in [-0.39, 0.29) is 18.6 Å². The highest BCUT2D eigenvalue weighted by atomic mass is 16.3. The summed E-state index contributed by atoms with van der Waals surface area (Å²) in [5, 5.41) is 20.3. The van der Waals surface area contributed by atoms with Gasteiger partial charge in [0.2, 0.25) is 0 Å². The molecule has 0 bridgehead atoms. The number of H-pyrrole nitrogens is 1. The Balaban J connectivity index is 1.86. The van der Waals surface area contributed by atoms with E-state index in [4.69, 9.17) is 0 Å². The lowest BCUT2D eigenvalue weighted by atomic mass is 9.72. The van der Waals surface area contributed by atoms with E-state index in [1.165, 1.54) is 22.0 Å². The fraction of sp³-hybridized carbons (Fsp3) is 0.438. The molecule has 2 heterocycles. The minimum Gasteiger partial charge on any atom is -0.396 e. The number of aromatic nitrogens is 1. The second-order valence-corrected chi connectivity index (χ2v) is 6.00. The van der Waals surface area contributed by atoms with Crippen LogP contribution in [0, 0.1) is 17.4 Å². The van der Waals surface area contributed by atoms with Gasteiger partial charge < -0.3 is 15.0 Å². The molecule has 3 unspecified atom stereocenters. The Labute approximate surface area is 117 Å². The first-order valence-electron chi connectivity index (χ1n) is 7.18. The molecule has 2 N–H and O–H groups in total. The SMILES string of the molecule is N#CN1CC(CO)CC2c3cccc4[nH]cc(c34)CC21. The number of nitrogens with one attached hydrogen (secondary N) is 1. The standard InChI is InChI=1S/C16H17N3O/c17-9-19-7-10(8-20)4-13-12-2-1-3-14-16(12)11(6-18-14)5-15(13)19/h1-3,6,10,13,15,18,20H,4-5,7-8H2. The average Bonchev–Trinajstić information content (AvgIpc) is 2.91. The molecule has 2 aliphatic rings. The van der Waals surface area contributed by atoms with Gasteiger partial charge in [-0.2, -0.15) is 5.26 Å². The second-order valence-electron chi connectivity index (χ2n) is 6.00. The number of nitrogens with zero attached hydrogens (tertiary/aromatic N) is 2. The summed E-state index contributed by atoms with van der Waals surface area (Å²) in [6.45, 7) is 0.848. The molecule has 1 saturated heterocycles. The topological polar surface area (TPSA) is 63.1 Å². The highest BCUT2D eigenvalue weighted by Gasteiger charge is 2.40. The van der Waals surface area contributed by atoms with Gasteiger partial charge in [0.05, 0.1) is 6.04 Å². The van der Waals surface area contributed by atoms with Gasteiger partial charge in [-0.1, -0.05) is 12.1 Å². The quantitative estimate of drug-likeness (QED) is 0.776. The Bertz CT molecular complexity index is 699. The molecule has 1 aliphatic carbocycles. The minimum absolute atomic E-state index is 0.164. The smallest absolute Gasteiger partial charge is 0.179 e. The number of hydrogen-bond acceptors (Lipinski definition) is 3. The van der Waals surface area contributed by atoms with Crippen LogP contribution in [0.4, 0.5) is 0 Å². The maximum Gasteiger partial charge on any atom is 0.179 e. The van der Waals surface area contributed by atoms with E-state index in [0.717, 1.165) is 12.8 Å². The van der Waals surface area contributed by atoms with E-state index in [2.05, 4.69) is 35.6 Å². The molecule has 4 nitrogen and oxygen atoms in total. The molecule has 20 heavy (non-hydrogen) atoms. The highest BCUT2D eigenvalue weighted by Crippen LogP contribution is 2.44. The number of nitriles is 1. The van der Waals surface area contributed by atoms with Crippen molar-refractivity contribution in [2.45, 2.75) is 24.8 Å². The highest BCUT2D eigenvalue weighted by molar-refractivity contribution is 5.88. The fourth-order valence-electron chi connectivity index (χ4n) is 4.04. The number of hydrogen-bond donors (Lipinski definition) is 2.